The first-order valence-electron chi connectivity index (χ1n) is 7.94. The van der Waals surface area contributed by atoms with E-state index in [4.69, 9.17) is 9.47 Å². The van der Waals surface area contributed by atoms with E-state index in [0.717, 1.165) is 24.3 Å². The lowest BCUT2D eigenvalue weighted by Crippen LogP contribution is -2.38. The first-order valence-corrected chi connectivity index (χ1v) is 7.94. The third-order valence-electron chi connectivity index (χ3n) is 4.08. The molecule has 152 valence electrons. The number of halogens is 6. The fraction of sp³-hybridized carbons (Fsp3) is 0.316. The van der Waals surface area contributed by atoms with E-state index in [9.17, 15) is 31.1 Å². The van der Waals surface area contributed by atoms with E-state index >= 15 is 0 Å². The number of carbonyl (C=O) groups excluding carboxylic acids is 1. The van der Waals surface area contributed by atoms with E-state index < -0.39 is 41.1 Å². The Balaban J connectivity index is 2.60. The van der Waals surface area contributed by atoms with Gasteiger partial charge in [-0.15, -0.1) is 0 Å². The van der Waals surface area contributed by atoms with Crippen molar-refractivity contribution in [3.8, 4) is 11.5 Å². The molecule has 0 saturated heterocycles. The van der Waals surface area contributed by atoms with Crippen molar-refractivity contribution in [1.82, 2.24) is 0 Å². The zero-order chi connectivity index (χ0) is 21.1. The van der Waals surface area contributed by atoms with Crippen molar-refractivity contribution in [1.29, 1.82) is 0 Å². The van der Waals surface area contributed by atoms with Crippen LogP contribution in [-0.4, -0.2) is 32.4 Å². The van der Waals surface area contributed by atoms with Crippen molar-refractivity contribution in [2.75, 3.05) is 14.2 Å². The van der Waals surface area contributed by atoms with Gasteiger partial charge < -0.3 is 9.47 Å². The van der Waals surface area contributed by atoms with Gasteiger partial charge in [-0.2, -0.15) is 26.3 Å². The summed E-state index contributed by atoms with van der Waals surface area (Å²) in [6.45, 7) is 0. The number of ether oxygens (including phenoxy) is 2. The van der Waals surface area contributed by atoms with Gasteiger partial charge in [0.05, 0.1) is 14.2 Å². The van der Waals surface area contributed by atoms with Crippen LogP contribution in [0.2, 0.25) is 0 Å². The van der Waals surface area contributed by atoms with Crippen LogP contribution in [0.4, 0.5) is 26.3 Å². The zero-order valence-electron chi connectivity index (χ0n) is 14.8. The smallest absolute Gasteiger partial charge is 0.402 e. The van der Waals surface area contributed by atoms with Gasteiger partial charge in [0.1, 0.15) is 23.3 Å². The Labute approximate surface area is 156 Å². The SMILES string of the molecule is COc1cccc(C(C(=O)C(c2cccc(OC)c2)C(F)(F)F)C(F)(F)F)c1. The number of benzene rings is 2. The van der Waals surface area contributed by atoms with Gasteiger partial charge in [0.25, 0.3) is 0 Å². The fourth-order valence-corrected chi connectivity index (χ4v) is 2.84. The van der Waals surface area contributed by atoms with Crippen molar-refractivity contribution in [2.24, 2.45) is 0 Å². The number of methoxy groups -OCH3 is 2. The maximum absolute atomic E-state index is 13.6. The lowest BCUT2D eigenvalue weighted by Gasteiger charge is -2.27. The molecular weight excluding hydrogens is 390 g/mol. The van der Waals surface area contributed by atoms with E-state index in [1.165, 1.54) is 38.5 Å². The number of alkyl halides is 6. The molecule has 0 spiro atoms. The van der Waals surface area contributed by atoms with Crippen LogP contribution in [0.3, 0.4) is 0 Å². The summed E-state index contributed by atoms with van der Waals surface area (Å²) in [5.41, 5.74) is -1.26. The summed E-state index contributed by atoms with van der Waals surface area (Å²) in [4.78, 5) is 12.6. The summed E-state index contributed by atoms with van der Waals surface area (Å²) in [6, 6.07) is 8.68. The zero-order valence-corrected chi connectivity index (χ0v) is 14.8. The van der Waals surface area contributed by atoms with E-state index in [0.29, 0.717) is 0 Å². The average molecular weight is 406 g/mol. The summed E-state index contributed by atoms with van der Waals surface area (Å²) in [5, 5.41) is 0. The minimum Gasteiger partial charge on any atom is -0.497 e. The third-order valence-corrected chi connectivity index (χ3v) is 4.08. The molecule has 0 aromatic heterocycles. The standard InChI is InChI=1S/C19H16F6O3/c1-27-13-7-3-5-11(9-13)15(18(20,21)22)17(26)16(19(23,24)25)12-6-4-8-14(10-12)28-2/h3-10,15-16H,1-2H3. The van der Waals surface area contributed by atoms with Crippen molar-refractivity contribution in [3.63, 3.8) is 0 Å². The molecule has 0 heterocycles. The predicted octanol–water partition coefficient (Wildman–Crippen LogP) is 5.26. The quantitative estimate of drug-likeness (QED) is 0.614. The Kier molecular flexibility index (Phi) is 6.26. The van der Waals surface area contributed by atoms with Crippen LogP contribution in [0.15, 0.2) is 48.5 Å². The molecule has 0 aliphatic carbocycles. The molecule has 9 heteroatoms. The molecule has 0 aliphatic rings. The van der Waals surface area contributed by atoms with Crippen LogP contribution >= 0.6 is 0 Å². The lowest BCUT2D eigenvalue weighted by atomic mass is 9.82. The molecule has 0 amide bonds. The Hall–Kier alpha value is -2.71. The van der Waals surface area contributed by atoms with E-state index in [1.54, 1.807) is 0 Å². The third kappa shape index (κ3) is 4.76. The highest BCUT2D eigenvalue weighted by atomic mass is 19.4. The van der Waals surface area contributed by atoms with Crippen LogP contribution in [0.1, 0.15) is 23.0 Å². The summed E-state index contributed by atoms with van der Waals surface area (Å²) in [6.07, 6.45) is -10.5. The first-order chi connectivity index (χ1) is 13.0. The summed E-state index contributed by atoms with van der Waals surface area (Å²) in [7, 11) is 2.39. The largest absolute Gasteiger partial charge is 0.497 e. The molecule has 0 aliphatic heterocycles. The van der Waals surface area contributed by atoms with Crippen LogP contribution in [0, 0.1) is 0 Å². The Morgan fingerprint density at radius 2 is 1.11 bits per heavy atom. The van der Waals surface area contributed by atoms with Crippen LogP contribution in [0.25, 0.3) is 0 Å². The van der Waals surface area contributed by atoms with E-state index in [2.05, 4.69) is 0 Å². The molecule has 2 rings (SSSR count). The minimum atomic E-state index is -5.23. The summed E-state index contributed by atoms with van der Waals surface area (Å²) in [5.74, 6) is -7.99. The van der Waals surface area contributed by atoms with E-state index in [1.807, 2.05) is 0 Å². The number of Topliss-reactive ketones (excluding diaryl/α,β-unsaturated/α-hetero) is 1. The summed E-state index contributed by atoms with van der Waals surface area (Å²) >= 11 is 0. The van der Waals surface area contributed by atoms with Gasteiger partial charge >= 0.3 is 12.4 Å². The number of rotatable bonds is 6. The molecule has 0 saturated carbocycles. The molecule has 2 aromatic rings. The fourth-order valence-electron chi connectivity index (χ4n) is 2.84. The van der Waals surface area contributed by atoms with Gasteiger partial charge in [-0.1, -0.05) is 24.3 Å². The predicted molar refractivity (Wildman–Crippen MR) is 88.6 cm³/mol. The minimum absolute atomic E-state index is 0.00973. The molecule has 2 aromatic carbocycles. The Bertz CT molecular complexity index is 761. The average Bonchev–Trinajstić information content (AvgIpc) is 2.60. The van der Waals surface area contributed by atoms with Crippen molar-refractivity contribution < 1.29 is 40.6 Å². The van der Waals surface area contributed by atoms with Crippen molar-refractivity contribution >= 4 is 5.78 Å². The van der Waals surface area contributed by atoms with Crippen molar-refractivity contribution in [2.45, 2.75) is 24.2 Å². The number of hydrogen-bond donors (Lipinski definition) is 0. The maximum Gasteiger partial charge on any atom is 0.402 e. The topological polar surface area (TPSA) is 35.5 Å². The monoisotopic (exact) mass is 406 g/mol. The van der Waals surface area contributed by atoms with Crippen LogP contribution < -0.4 is 9.47 Å². The highest BCUT2D eigenvalue weighted by Gasteiger charge is 2.55. The van der Waals surface area contributed by atoms with Gasteiger partial charge in [0.2, 0.25) is 0 Å². The lowest BCUT2D eigenvalue weighted by molar-refractivity contribution is -0.183. The van der Waals surface area contributed by atoms with Gasteiger partial charge in [-0.3, -0.25) is 4.79 Å². The molecule has 3 nitrogen and oxygen atoms in total. The highest BCUT2D eigenvalue weighted by molar-refractivity contribution is 5.93. The number of ketones is 1. The number of carbonyl (C=O) groups is 1. The Morgan fingerprint density at radius 1 is 0.750 bits per heavy atom. The molecule has 0 N–H and O–H groups in total. The normalized spacial score (nSPS) is 14.3. The molecule has 0 radical (unpaired) electrons. The molecule has 28 heavy (non-hydrogen) atoms. The summed E-state index contributed by atoms with van der Waals surface area (Å²) < 4.78 is 91.5. The highest BCUT2D eigenvalue weighted by Crippen LogP contribution is 2.45. The Morgan fingerprint density at radius 3 is 1.39 bits per heavy atom. The van der Waals surface area contributed by atoms with Gasteiger partial charge in [0.15, 0.2) is 5.78 Å². The molecule has 2 atom stereocenters. The van der Waals surface area contributed by atoms with Gasteiger partial charge in [-0.05, 0) is 35.4 Å². The van der Waals surface area contributed by atoms with Crippen LogP contribution in [-0.2, 0) is 4.79 Å². The first kappa shape index (κ1) is 21.6. The van der Waals surface area contributed by atoms with Crippen molar-refractivity contribution in [3.05, 3.63) is 59.7 Å². The second kappa shape index (κ2) is 8.12. The molecule has 0 bridgehead atoms. The van der Waals surface area contributed by atoms with Gasteiger partial charge in [0, 0.05) is 0 Å². The van der Waals surface area contributed by atoms with E-state index in [-0.39, 0.29) is 11.5 Å². The second-order valence-corrected chi connectivity index (χ2v) is 5.90. The van der Waals surface area contributed by atoms with Crippen LogP contribution in [0.5, 0.6) is 11.5 Å². The molecule has 0 fully saturated rings. The second-order valence-electron chi connectivity index (χ2n) is 5.90. The van der Waals surface area contributed by atoms with Gasteiger partial charge in [-0.25, -0.2) is 0 Å². The maximum atomic E-state index is 13.6. The molecular formula is C19H16F6O3. The molecule has 2 unspecified atom stereocenters. The number of hydrogen-bond acceptors (Lipinski definition) is 3.